The monoisotopic (exact) mass is 200 g/mol. The SMILES string of the molecule is O=C(O)CCNC(=O)N1CCCCC1. The van der Waals surface area contributed by atoms with Gasteiger partial charge < -0.3 is 15.3 Å². The summed E-state index contributed by atoms with van der Waals surface area (Å²) in [6.07, 6.45) is 3.26. The number of likely N-dealkylation sites (tertiary alicyclic amines) is 1. The fraction of sp³-hybridized carbons (Fsp3) is 0.778. The van der Waals surface area contributed by atoms with Crippen molar-refractivity contribution < 1.29 is 14.7 Å². The fourth-order valence-corrected chi connectivity index (χ4v) is 1.49. The third kappa shape index (κ3) is 3.64. The van der Waals surface area contributed by atoms with Crippen LogP contribution in [0.4, 0.5) is 4.79 Å². The first-order valence-corrected chi connectivity index (χ1v) is 4.95. The summed E-state index contributed by atoms with van der Waals surface area (Å²) in [5, 5.41) is 11.0. The molecule has 0 spiro atoms. The molecule has 0 aromatic rings. The van der Waals surface area contributed by atoms with Gasteiger partial charge >= 0.3 is 12.0 Å². The number of nitrogens with one attached hydrogen (secondary N) is 1. The molecule has 14 heavy (non-hydrogen) atoms. The zero-order chi connectivity index (χ0) is 10.4. The first-order chi connectivity index (χ1) is 6.70. The van der Waals surface area contributed by atoms with Crippen LogP contribution in [0.5, 0.6) is 0 Å². The molecule has 0 aromatic carbocycles. The van der Waals surface area contributed by atoms with Crippen molar-refractivity contribution >= 4 is 12.0 Å². The average molecular weight is 200 g/mol. The normalized spacial score (nSPS) is 16.4. The molecule has 0 unspecified atom stereocenters. The molecule has 1 aliphatic rings. The van der Waals surface area contributed by atoms with Crippen LogP contribution in [0.25, 0.3) is 0 Å². The van der Waals surface area contributed by atoms with E-state index in [1.807, 2.05) is 0 Å². The van der Waals surface area contributed by atoms with Gasteiger partial charge in [-0.1, -0.05) is 0 Å². The first-order valence-electron chi connectivity index (χ1n) is 4.95. The molecule has 80 valence electrons. The van der Waals surface area contributed by atoms with Gasteiger partial charge in [-0.15, -0.1) is 0 Å². The van der Waals surface area contributed by atoms with Crippen molar-refractivity contribution in [3.8, 4) is 0 Å². The summed E-state index contributed by atoms with van der Waals surface area (Å²) in [6, 6.07) is -0.133. The highest BCUT2D eigenvalue weighted by molar-refractivity contribution is 5.75. The Hall–Kier alpha value is -1.26. The summed E-state index contributed by atoms with van der Waals surface area (Å²) in [7, 11) is 0. The number of hydrogen-bond acceptors (Lipinski definition) is 2. The number of carbonyl (C=O) groups is 2. The molecule has 0 aromatic heterocycles. The number of urea groups is 1. The number of aliphatic carboxylic acids is 1. The highest BCUT2D eigenvalue weighted by Crippen LogP contribution is 2.08. The molecule has 1 fully saturated rings. The summed E-state index contributed by atoms with van der Waals surface area (Å²) in [4.78, 5) is 23.3. The number of hydrogen-bond donors (Lipinski definition) is 2. The fourth-order valence-electron chi connectivity index (χ4n) is 1.49. The predicted molar refractivity (Wildman–Crippen MR) is 51.1 cm³/mol. The van der Waals surface area contributed by atoms with Gasteiger partial charge in [-0.3, -0.25) is 4.79 Å². The highest BCUT2D eigenvalue weighted by Gasteiger charge is 2.15. The summed E-state index contributed by atoms with van der Waals surface area (Å²) in [5.41, 5.74) is 0. The lowest BCUT2D eigenvalue weighted by Gasteiger charge is -2.26. The highest BCUT2D eigenvalue weighted by atomic mass is 16.4. The van der Waals surface area contributed by atoms with Crippen LogP contribution >= 0.6 is 0 Å². The summed E-state index contributed by atoms with van der Waals surface area (Å²) in [5.74, 6) is -0.885. The maximum atomic E-state index is 11.4. The second-order valence-electron chi connectivity index (χ2n) is 3.42. The summed E-state index contributed by atoms with van der Waals surface area (Å²) in [6.45, 7) is 1.79. The molecule has 1 saturated heterocycles. The van der Waals surface area contributed by atoms with E-state index in [0.717, 1.165) is 25.9 Å². The van der Waals surface area contributed by atoms with E-state index in [1.165, 1.54) is 6.42 Å². The van der Waals surface area contributed by atoms with Gasteiger partial charge in [0.15, 0.2) is 0 Å². The van der Waals surface area contributed by atoms with Crippen molar-refractivity contribution in [2.75, 3.05) is 19.6 Å². The third-order valence-corrected chi connectivity index (χ3v) is 2.26. The zero-order valence-electron chi connectivity index (χ0n) is 8.16. The molecular weight excluding hydrogens is 184 g/mol. The Bertz CT molecular complexity index is 212. The van der Waals surface area contributed by atoms with E-state index in [9.17, 15) is 9.59 Å². The van der Waals surface area contributed by atoms with E-state index in [0.29, 0.717) is 0 Å². The lowest BCUT2D eigenvalue weighted by atomic mass is 10.1. The Morgan fingerprint density at radius 2 is 1.86 bits per heavy atom. The third-order valence-electron chi connectivity index (χ3n) is 2.26. The van der Waals surface area contributed by atoms with Gasteiger partial charge in [0, 0.05) is 19.6 Å². The maximum absolute atomic E-state index is 11.4. The minimum atomic E-state index is -0.885. The topological polar surface area (TPSA) is 69.6 Å². The van der Waals surface area contributed by atoms with Crippen molar-refractivity contribution in [3.63, 3.8) is 0 Å². The van der Waals surface area contributed by atoms with Crippen LogP contribution in [-0.4, -0.2) is 41.6 Å². The van der Waals surface area contributed by atoms with Gasteiger partial charge in [0.2, 0.25) is 0 Å². The quantitative estimate of drug-likeness (QED) is 0.703. The molecular formula is C9H16N2O3. The van der Waals surface area contributed by atoms with Crippen molar-refractivity contribution in [3.05, 3.63) is 0 Å². The van der Waals surface area contributed by atoms with E-state index in [-0.39, 0.29) is 19.0 Å². The molecule has 0 radical (unpaired) electrons. The van der Waals surface area contributed by atoms with Gasteiger partial charge in [0.1, 0.15) is 0 Å². The van der Waals surface area contributed by atoms with Crippen LogP contribution in [-0.2, 0) is 4.79 Å². The first kappa shape index (κ1) is 10.8. The standard InChI is InChI=1S/C9H16N2O3/c12-8(13)4-5-10-9(14)11-6-2-1-3-7-11/h1-7H2,(H,10,14)(H,12,13). The Kier molecular flexibility index (Phi) is 4.22. The lowest BCUT2D eigenvalue weighted by Crippen LogP contribution is -2.43. The average Bonchev–Trinajstić information content (AvgIpc) is 2.18. The second-order valence-corrected chi connectivity index (χ2v) is 3.42. The zero-order valence-corrected chi connectivity index (χ0v) is 8.16. The Morgan fingerprint density at radius 3 is 2.43 bits per heavy atom. The lowest BCUT2D eigenvalue weighted by molar-refractivity contribution is -0.136. The number of carboxylic acid groups (broad SMARTS) is 1. The van der Waals surface area contributed by atoms with Crippen LogP contribution in [0.3, 0.4) is 0 Å². The Balaban J connectivity index is 2.16. The smallest absolute Gasteiger partial charge is 0.317 e. The molecule has 0 atom stereocenters. The minimum absolute atomic E-state index is 0.0143. The summed E-state index contributed by atoms with van der Waals surface area (Å²) < 4.78 is 0. The molecule has 1 heterocycles. The summed E-state index contributed by atoms with van der Waals surface area (Å²) >= 11 is 0. The van der Waals surface area contributed by atoms with E-state index >= 15 is 0 Å². The Morgan fingerprint density at radius 1 is 1.21 bits per heavy atom. The minimum Gasteiger partial charge on any atom is -0.481 e. The number of piperidine rings is 1. The predicted octanol–water partition coefficient (Wildman–Crippen LogP) is 0.657. The van der Waals surface area contributed by atoms with E-state index in [2.05, 4.69) is 5.32 Å². The van der Waals surface area contributed by atoms with E-state index in [4.69, 9.17) is 5.11 Å². The van der Waals surface area contributed by atoms with Crippen molar-refractivity contribution in [1.29, 1.82) is 0 Å². The van der Waals surface area contributed by atoms with Crippen LogP contribution in [0.2, 0.25) is 0 Å². The molecule has 5 heteroatoms. The van der Waals surface area contributed by atoms with Crippen LogP contribution < -0.4 is 5.32 Å². The molecule has 0 saturated carbocycles. The van der Waals surface area contributed by atoms with Crippen LogP contribution in [0.1, 0.15) is 25.7 Å². The van der Waals surface area contributed by atoms with Crippen LogP contribution in [0.15, 0.2) is 0 Å². The molecule has 0 aliphatic carbocycles. The van der Waals surface area contributed by atoms with Gasteiger partial charge in [-0.05, 0) is 19.3 Å². The van der Waals surface area contributed by atoms with Crippen molar-refractivity contribution in [2.45, 2.75) is 25.7 Å². The second kappa shape index (κ2) is 5.47. The number of amides is 2. The molecule has 0 bridgehead atoms. The number of carboxylic acids is 1. The number of carbonyl (C=O) groups excluding carboxylic acids is 1. The Labute approximate surface area is 83.1 Å². The van der Waals surface area contributed by atoms with Gasteiger partial charge in [0.05, 0.1) is 6.42 Å². The van der Waals surface area contributed by atoms with E-state index < -0.39 is 5.97 Å². The van der Waals surface area contributed by atoms with E-state index in [1.54, 1.807) is 4.90 Å². The van der Waals surface area contributed by atoms with Crippen molar-refractivity contribution in [2.24, 2.45) is 0 Å². The molecule has 1 aliphatic heterocycles. The van der Waals surface area contributed by atoms with Gasteiger partial charge in [-0.2, -0.15) is 0 Å². The number of nitrogens with zero attached hydrogens (tertiary/aromatic N) is 1. The molecule has 2 N–H and O–H groups in total. The molecule has 5 nitrogen and oxygen atoms in total. The molecule has 2 amide bonds. The molecule has 1 rings (SSSR count). The van der Waals surface area contributed by atoms with Gasteiger partial charge in [-0.25, -0.2) is 4.79 Å². The largest absolute Gasteiger partial charge is 0.481 e. The maximum Gasteiger partial charge on any atom is 0.317 e. The van der Waals surface area contributed by atoms with Gasteiger partial charge in [0.25, 0.3) is 0 Å². The van der Waals surface area contributed by atoms with Crippen LogP contribution in [0, 0.1) is 0 Å². The van der Waals surface area contributed by atoms with Crippen molar-refractivity contribution in [1.82, 2.24) is 10.2 Å². The number of rotatable bonds is 3.